The summed E-state index contributed by atoms with van der Waals surface area (Å²) in [7, 11) is 1.65. The van der Waals surface area contributed by atoms with Crippen molar-refractivity contribution in [1.29, 1.82) is 0 Å². The van der Waals surface area contributed by atoms with Gasteiger partial charge in [0, 0.05) is 25.2 Å². The summed E-state index contributed by atoms with van der Waals surface area (Å²) in [4.78, 5) is 11.4. The smallest absolute Gasteiger partial charge is 0.251 e. The topological polar surface area (TPSA) is 41.1 Å². The molecule has 1 rings (SSSR count). The fourth-order valence-corrected chi connectivity index (χ4v) is 2.08. The highest BCUT2D eigenvalue weighted by atomic mass is 16.1. The Kier molecular flexibility index (Phi) is 7.19. The SMILES string of the molecule is CCCCC(CC)NCc1ccc(C(=O)NC)cc1. The maximum absolute atomic E-state index is 11.4. The fourth-order valence-electron chi connectivity index (χ4n) is 2.08. The monoisotopic (exact) mass is 262 g/mol. The summed E-state index contributed by atoms with van der Waals surface area (Å²) in [6.45, 7) is 5.32. The summed E-state index contributed by atoms with van der Waals surface area (Å²) in [5, 5.41) is 6.21. The van der Waals surface area contributed by atoms with E-state index in [2.05, 4.69) is 24.5 Å². The standard InChI is InChI=1S/C16H26N2O/c1-4-6-7-15(5-2)18-12-13-8-10-14(11-9-13)16(19)17-3/h8-11,15,18H,4-7,12H2,1-3H3,(H,17,19). The van der Waals surface area contributed by atoms with Crippen molar-refractivity contribution in [2.45, 2.75) is 52.1 Å². The molecule has 0 aliphatic carbocycles. The van der Waals surface area contributed by atoms with E-state index in [9.17, 15) is 4.79 Å². The Balaban J connectivity index is 2.46. The molecule has 0 fully saturated rings. The van der Waals surface area contributed by atoms with Gasteiger partial charge >= 0.3 is 0 Å². The van der Waals surface area contributed by atoms with Gasteiger partial charge in [-0.25, -0.2) is 0 Å². The molecule has 0 aromatic heterocycles. The third kappa shape index (κ3) is 5.43. The Morgan fingerprint density at radius 1 is 1.21 bits per heavy atom. The summed E-state index contributed by atoms with van der Waals surface area (Å²) in [6, 6.07) is 8.39. The number of carbonyl (C=O) groups excluding carboxylic acids is 1. The van der Waals surface area contributed by atoms with Gasteiger partial charge in [-0.05, 0) is 30.5 Å². The normalized spacial score (nSPS) is 12.2. The van der Waals surface area contributed by atoms with E-state index in [4.69, 9.17) is 0 Å². The summed E-state index contributed by atoms with van der Waals surface area (Å²) in [5.74, 6) is -0.0334. The van der Waals surface area contributed by atoms with Crippen molar-refractivity contribution in [3.05, 3.63) is 35.4 Å². The number of benzene rings is 1. The third-order valence-electron chi connectivity index (χ3n) is 3.44. The van der Waals surface area contributed by atoms with Crippen molar-refractivity contribution in [3.8, 4) is 0 Å². The molecule has 0 saturated heterocycles. The average Bonchev–Trinajstić information content (AvgIpc) is 2.47. The molecule has 2 N–H and O–H groups in total. The van der Waals surface area contributed by atoms with E-state index in [0.717, 1.165) is 13.0 Å². The Morgan fingerprint density at radius 2 is 1.89 bits per heavy atom. The van der Waals surface area contributed by atoms with Gasteiger partial charge in [0.25, 0.3) is 5.91 Å². The first kappa shape index (κ1) is 15.7. The molecule has 0 heterocycles. The summed E-state index contributed by atoms with van der Waals surface area (Å²) in [6.07, 6.45) is 4.93. The lowest BCUT2D eigenvalue weighted by Gasteiger charge is -2.16. The molecule has 3 heteroatoms. The van der Waals surface area contributed by atoms with Crippen molar-refractivity contribution < 1.29 is 4.79 Å². The van der Waals surface area contributed by atoms with E-state index >= 15 is 0 Å². The summed E-state index contributed by atoms with van der Waals surface area (Å²) in [5.41, 5.74) is 1.94. The number of hydrogen-bond acceptors (Lipinski definition) is 2. The van der Waals surface area contributed by atoms with Gasteiger partial charge in [0.15, 0.2) is 0 Å². The van der Waals surface area contributed by atoms with Gasteiger partial charge in [-0.2, -0.15) is 0 Å². The van der Waals surface area contributed by atoms with Crippen LogP contribution in [0.15, 0.2) is 24.3 Å². The molecule has 0 spiro atoms. The van der Waals surface area contributed by atoms with Gasteiger partial charge in [0.2, 0.25) is 0 Å². The van der Waals surface area contributed by atoms with Crippen molar-refractivity contribution in [2.24, 2.45) is 0 Å². The molecule has 19 heavy (non-hydrogen) atoms. The van der Waals surface area contributed by atoms with Crippen molar-refractivity contribution in [3.63, 3.8) is 0 Å². The second kappa shape index (κ2) is 8.70. The molecular weight excluding hydrogens is 236 g/mol. The fraction of sp³-hybridized carbons (Fsp3) is 0.562. The summed E-state index contributed by atoms with van der Waals surface area (Å²) < 4.78 is 0. The van der Waals surface area contributed by atoms with Crippen LogP contribution in [0.3, 0.4) is 0 Å². The van der Waals surface area contributed by atoms with Crippen LogP contribution in [0.1, 0.15) is 55.5 Å². The minimum Gasteiger partial charge on any atom is -0.355 e. The molecule has 106 valence electrons. The van der Waals surface area contributed by atoms with E-state index in [0.29, 0.717) is 11.6 Å². The Hall–Kier alpha value is -1.35. The zero-order valence-corrected chi connectivity index (χ0v) is 12.3. The number of nitrogens with one attached hydrogen (secondary N) is 2. The van der Waals surface area contributed by atoms with E-state index < -0.39 is 0 Å². The van der Waals surface area contributed by atoms with Crippen LogP contribution in [-0.4, -0.2) is 19.0 Å². The van der Waals surface area contributed by atoms with Gasteiger partial charge < -0.3 is 10.6 Å². The molecule has 1 aromatic rings. The van der Waals surface area contributed by atoms with Gasteiger partial charge in [-0.1, -0.05) is 38.8 Å². The Morgan fingerprint density at radius 3 is 2.42 bits per heavy atom. The highest BCUT2D eigenvalue weighted by molar-refractivity contribution is 5.93. The first-order valence-corrected chi connectivity index (χ1v) is 7.25. The molecule has 0 aliphatic rings. The van der Waals surface area contributed by atoms with Crippen LogP contribution in [0, 0.1) is 0 Å². The summed E-state index contributed by atoms with van der Waals surface area (Å²) >= 11 is 0. The number of amides is 1. The molecule has 0 bridgehead atoms. The van der Waals surface area contributed by atoms with E-state index in [1.807, 2.05) is 24.3 Å². The van der Waals surface area contributed by atoms with Crippen LogP contribution >= 0.6 is 0 Å². The van der Waals surface area contributed by atoms with Crippen molar-refractivity contribution in [2.75, 3.05) is 7.05 Å². The highest BCUT2D eigenvalue weighted by Gasteiger charge is 2.06. The molecule has 3 nitrogen and oxygen atoms in total. The highest BCUT2D eigenvalue weighted by Crippen LogP contribution is 2.08. The first-order chi connectivity index (χ1) is 9.21. The lowest BCUT2D eigenvalue weighted by molar-refractivity contribution is 0.0963. The van der Waals surface area contributed by atoms with Gasteiger partial charge in [0.1, 0.15) is 0 Å². The van der Waals surface area contributed by atoms with Crippen LogP contribution in [0.5, 0.6) is 0 Å². The second-order valence-electron chi connectivity index (χ2n) is 4.90. The maximum Gasteiger partial charge on any atom is 0.251 e. The average molecular weight is 262 g/mol. The van der Waals surface area contributed by atoms with Crippen LogP contribution < -0.4 is 10.6 Å². The number of rotatable bonds is 8. The zero-order chi connectivity index (χ0) is 14.1. The van der Waals surface area contributed by atoms with E-state index in [1.165, 1.54) is 24.8 Å². The Labute approximate surface area is 116 Å². The molecule has 1 amide bonds. The largest absolute Gasteiger partial charge is 0.355 e. The second-order valence-corrected chi connectivity index (χ2v) is 4.90. The molecular formula is C16H26N2O. The Bertz CT molecular complexity index is 373. The molecule has 1 atom stereocenters. The van der Waals surface area contributed by atoms with Crippen molar-refractivity contribution >= 4 is 5.91 Å². The molecule has 0 aliphatic heterocycles. The van der Waals surface area contributed by atoms with E-state index in [1.54, 1.807) is 7.05 Å². The van der Waals surface area contributed by atoms with Crippen LogP contribution in [-0.2, 0) is 6.54 Å². The third-order valence-corrected chi connectivity index (χ3v) is 3.44. The van der Waals surface area contributed by atoms with Gasteiger partial charge in [-0.15, -0.1) is 0 Å². The predicted molar refractivity (Wildman–Crippen MR) is 80.3 cm³/mol. The van der Waals surface area contributed by atoms with Gasteiger partial charge in [0.05, 0.1) is 0 Å². The molecule has 0 radical (unpaired) electrons. The molecule has 1 unspecified atom stereocenters. The zero-order valence-electron chi connectivity index (χ0n) is 12.3. The number of hydrogen-bond donors (Lipinski definition) is 2. The predicted octanol–water partition coefficient (Wildman–Crippen LogP) is 3.10. The minimum atomic E-state index is -0.0334. The number of carbonyl (C=O) groups is 1. The maximum atomic E-state index is 11.4. The molecule has 0 saturated carbocycles. The lowest BCUT2D eigenvalue weighted by atomic mass is 10.1. The minimum absolute atomic E-state index is 0.0334. The number of unbranched alkanes of at least 4 members (excludes halogenated alkanes) is 1. The van der Waals surface area contributed by atoms with Crippen molar-refractivity contribution in [1.82, 2.24) is 10.6 Å². The molecule has 1 aromatic carbocycles. The van der Waals surface area contributed by atoms with Crippen LogP contribution in [0.4, 0.5) is 0 Å². The first-order valence-electron chi connectivity index (χ1n) is 7.25. The van der Waals surface area contributed by atoms with Crippen LogP contribution in [0.25, 0.3) is 0 Å². The van der Waals surface area contributed by atoms with Gasteiger partial charge in [-0.3, -0.25) is 4.79 Å². The quantitative estimate of drug-likeness (QED) is 0.756. The van der Waals surface area contributed by atoms with Crippen LogP contribution in [0.2, 0.25) is 0 Å². The lowest BCUT2D eigenvalue weighted by Crippen LogP contribution is -2.27. The van der Waals surface area contributed by atoms with E-state index in [-0.39, 0.29) is 5.91 Å².